The summed E-state index contributed by atoms with van der Waals surface area (Å²) in [4.78, 5) is 23.5. The molecule has 4 heterocycles. The molecule has 0 aromatic carbocycles. The molecule has 0 bridgehead atoms. The summed E-state index contributed by atoms with van der Waals surface area (Å²) in [6.07, 6.45) is 3.69. The highest BCUT2D eigenvalue weighted by Crippen LogP contribution is 2.26. The predicted molar refractivity (Wildman–Crippen MR) is 105 cm³/mol. The van der Waals surface area contributed by atoms with Crippen LogP contribution in [0.1, 0.15) is 25.0 Å². The first-order valence-electron chi connectivity index (χ1n) is 8.68. The highest BCUT2D eigenvalue weighted by Gasteiger charge is 2.24. The van der Waals surface area contributed by atoms with Crippen LogP contribution >= 0.6 is 11.3 Å². The Bertz CT molecular complexity index is 939. The number of carbonyl (C=O) groups is 1. The monoisotopic (exact) mass is 372 g/mol. The number of hydrogen-bond acceptors (Lipinski definition) is 6. The normalized spacial score (nSPS) is 18.3. The van der Waals surface area contributed by atoms with Crippen molar-refractivity contribution in [2.24, 2.45) is 7.05 Å². The molecule has 1 aliphatic heterocycles. The number of piperazine rings is 1. The number of pyridine rings is 1. The van der Waals surface area contributed by atoms with Crippen LogP contribution in [0.25, 0.3) is 11.0 Å². The second kappa shape index (κ2) is 7.14. The van der Waals surface area contributed by atoms with E-state index >= 15 is 0 Å². The number of aryl methyl sites for hydroxylation is 1. The smallest absolute Gasteiger partial charge is 0.223 e. The fourth-order valence-corrected chi connectivity index (χ4v) is 4.38. The highest BCUT2D eigenvalue weighted by atomic mass is 32.1. The van der Waals surface area contributed by atoms with Crippen LogP contribution in [0.3, 0.4) is 0 Å². The van der Waals surface area contributed by atoms with E-state index in [9.17, 15) is 4.79 Å². The van der Waals surface area contributed by atoms with Crippen molar-refractivity contribution in [1.82, 2.24) is 24.8 Å². The van der Waals surface area contributed by atoms with Crippen molar-refractivity contribution in [3.63, 3.8) is 0 Å². The first kappa shape index (κ1) is 17.1. The Kier molecular flexibility index (Phi) is 4.71. The standard InChI is InChI=1S/C18H22N6OS.H2/c1-12(25)22-18-21-9-13(26-18)10-24-7-6-20-15(11-24)17-8-14-16(23(17)2)4-3-5-19-14;/h3-5,8-9,15,20H,6-7,10-11H2,1-2H3,(H,21,22,25);1H. The molecule has 1 fully saturated rings. The first-order chi connectivity index (χ1) is 12.6. The molecular formula is C18H24N6OS. The molecule has 4 rings (SSSR count). The van der Waals surface area contributed by atoms with Crippen LogP contribution in [0.15, 0.2) is 30.6 Å². The van der Waals surface area contributed by atoms with Crippen molar-refractivity contribution >= 4 is 33.4 Å². The van der Waals surface area contributed by atoms with Crippen LogP contribution in [0.2, 0.25) is 0 Å². The van der Waals surface area contributed by atoms with Gasteiger partial charge in [0.05, 0.1) is 17.1 Å². The molecule has 3 aromatic rings. The Morgan fingerprint density at radius 3 is 3.19 bits per heavy atom. The van der Waals surface area contributed by atoms with Crippen molar-refractivity contribution in [2.75, 3.05) is 25.0 Å². The number of thiazole rings is 1. The largest absolute Gasteiger partial charge is 0.345 e. The van der Waals surface area contributed by atoms with Crippen molar-refractivity contribution in [3.8, 4) is 0 Å². The number of carbonyl (C=O) groups excluding carboxylic acids is 1. The van der Waals surface area contributed by atoms with E-state index in [1.54, 1.807) is 0 Å². The van der Waals surface area contributed by atoms with Crippen LogP contribution < -0.4 is 10.6 Å². The van der Waals surface area contributed by atoms with Gasteiger partial charge in [0.1, 0.15) is 0 Å². The van der Waals surface area contributed by atoms with Gasteiger partial charge < -0.3 is 15.2 Å². The topological polar surface area (TPSA) is 75.1 Å². The van der Waals surface area contributed by atoms with Gasteiger partial charge in [-0.05, 0) is 18.2 Å². The molecule has 1 aliphatic rings. The summed E-state index contributed by atoms with van der Waals surface area (Å²) in [6, 6.07) is 6.53. The van der Waals surface area contributed by atoms with Crippen molar-refractivity contribution < 1.29 is 6.22 Å². The Morgan fingerprint density at radius 2 is 2.38 bits per heavy atom. The SMILES string of the molecule is CC(=O)Nc1ncc(CN2CCNC(c3cc4ncccc4n3C)C2)s1.[HH]. The van der Waals surface area contributed by atoms with Crippen LogP contribution in [-0.2, 0) is 18.4 Å². The second-order valence-electron chi connectivity index (χ2n) is 6.59. The molecule has 1 unspecified atom stereocenters. The Morgan fingerprint density at radius 1 is 1.50 bits per heavy atom. The minimum absolute atomic E-state index is 0. The summed E-state index contributed by atoms with van der Waals surface area (Å²) in [5.41, 5.74) is 3.45. The third kappa shape index (κ3) is 3.48. The minimum Gasteiger partial charge on any atom is -0.345 e. The second-order valence-corrected chi connectivity index (χ2v) is 7.71. The van der Waals surface area contributed by atoms with E-state index in [1.807, 2.05) is 18.5 Å². The van der Waals surface area contributed by atoms with E-state index in [2.05, 4.69) is 49.2 Å². The summed E-state index contributed by atoms with van der Waals surface area (Å²) < 4.78 is 2.23. The van der Waals surface area contributed by atoms with Crippen LogP contribution in [-0.4, -0.2) is 45.0 Å². The first-order valence-corrected chi connectivity index (χ1v) is 9.50. The van der Waals surface area contributed by atoms with Crippen LogP contribution in [0.5, 0.6) is 0 Å². The number of fused-ring (bicyclic) bond motifs is 1. The number of hydrogen-bond donors (Lipinski definition) is 2. The number of amides is 1. The molecule has 8 heteroatoms. The summed E-state index contributed by atoms with van der Waals surface area (Å²) in [5, 5.41) is 7.04. The van der Waals surface area contributed by atoms with E-state index < -0.39 is 0 Å². The molecule has 2 N–H and O–H groups in total. The molecule has 1 saturated heterocycles. The summed E-state index contributed by atoms with van der Waals surface area (Å²) >= 11 is 1.54. The molecule has 0 aliphatic carbocycles. The van der Waals surface area contributed by atoms with Gasteiger partial charge in [0.25, 0.3) is 0 Å². The lowest BCUT2D eigenvalue weighted by Crippen LogP contribution is -2.45. The lowest BCUT2D eigenvalue weighted by molar-refractivity contribution is -0.114. The third-order valence-corrected chi connectivity index (χ3v) is 5.58. The average Bonchev–Trinajstić information content (AvgIpc) is 3.19. The quantitative estimate of drug-likeness (QED) is 0.735. The van der Waals surface area contributed by atoms with E-state index in [-0.39, 0.29) is 13.4 Å². The van der Waals surface area contributed by atoms with Gasteiger partial charge in [0.15, 0.2) is 5.13 Å². The summed E-state index contributed by atoms with van der Waals surface area (Å²) in [7, 11) is 2.10. The van der Waals surface area contributed by atoms with Gasteiger partial charge in [-0.3, -0.25) is 14.7 Å². The van der Waals surface area contributed by atoms with Crippen molar-refractivity contribution in [2.45, 2.75) is 19.5 Å². The average molecular weight is 372 g/mol. The summed E-state index contributed by atoms with van der Waals surface area (Å²) in [5.74, 6) is -0.0856. The van der Waals surface area contributed by atoms with Crippen LogP contribution in [0, 0.1) is 0 Å². The zero-order valence-electron chi connectivity index (χ0n) is 14.9. The number of nitrogens with one attached hydrogen (secondary N) is 2. The minimum atomic E-state index is -0.0856. The number of anilines is 1. The third-order valence-electron chi connectivity index (χ3n) is 4.68. The maximum Gasteiger partial charge on any atom is 0.223 e. The summed E-state index contributed by atoms with van der Waals surface area (Å²) in [6.45, 7) is 5.21. The molecule has 0 saturated carbocycles. The number of aromatic nitrogens is 3. The van der Waals surface area contributed by atoms with E-state index in [1.165, 1.54) is 24.0 Å². The van der Waals surface area contributed by atoms with E-state index in [4.69, 9.17) is 0 Å². The fraction of sp³-hybridized carbons (Fsp3) is 0.389. The van der Waals surface area contributed by atoms with E-state index in [0.717, 1.165) is 42.1 Å². The zero-order valence-corrected chi connectivity index (χ0v) is 15.7. The van der Waals surface area contributed by atoms with Gasteiger partial charge in [-0.2, -0.15) is 0 Å². The maximum atomic E-state index is 11.1. The fourth-order valence-electron chi connectivity index (χ4n) is 3.48. The van der Waals surface area contributed by atoms with Crippen molar-refractivity contribution in [1.29, 1.82) is 0 Å². The zero-order chi connectivity index (χ0) is 18.1. The molecule has 26 heavy (non-hydrogen) atoms. The molecule has 1 amide bonds. The Labute approximate surface area is 157 Å². The molecule has 3 aromatic heterocycles. The lowest BCUT2D eigenvalue weighted by Gasteiger charge is -2.33. The molecular weight excluding hydrogens is 348 g/mol. The van der Waals surface area contributed by atoms with E-state index in [0.29, 0.717) is 5.13 Å². The number of nitrogens with zero attached hydrogens (tertiary/aromatic N) is 4. The van der Waals surface area contributed by atoms with Gasteiger partial charge >= 0.3 is 0 Å². The number of rotatable bonds is 4. The van der Waals surface area contributed by atoms with Gasteiger partial charge in [-0.1, -0.05) is 0 Å². The Balaban J connectivity index is 0.00000210. The van der Waals surface area contributed by atoms with Gasteiger partial charge in [-0.25, -0.2) is 4.98 Å². The van der Waals surface area contributed by atoms with Crippen molar-refractivity contribution in [3.05, 3.63) is 41.2 Å². The highest BCUT2D eigenvalue weighted by molar-refractivity contribution is 7.15. The molecule has 7 nitrogen and oxygen atoms in total. The Hall–Kier alpha value is -2.29. The molecule has 0 radical (unpaired) electrons. The van der Waals surface area contributed by atoms with Gasteiger partial charge in [-0.15, -0.1) is 11.3 Å². The molecule has 138 valence electrons. The van der Waals surface area contributed by atoms with Crippen LogP contribution in [0.4, 0.5) is 5.13 Å². The maximum absolute atomic E-state index is 11.1. The van der Waals surface area contributed by atoms with Gasteiger partial charge in [0.2, 0.25) is 5.91 Å². The molecule has 0 spiro atoms. The van der Waals surface area contributed by atoms with Gasteiger partial charge in [0, 0.05) is 64.5 Å². The molecule has 1 atom stereocenters. The predicted octanol–water partition coefficient (Wildman–Crippen LogP) is 2.38. The lowest BCUT2D eigenvalue weighted by atomic mass is 10.1.